The second-order valence-electron chi connectivity index (χ2n) is 5.11. The van der Waals surface area contributed by atoms with Crippen molar-refractivity contribution >= 4 is 29.3 Å². The number of carbonyl (C=O) groups is 1. The number of benzene rings is 1. The SMILES string of the molecule is CN(C(=O)CSCc1ccc(Cl)cc1)C1CCNCC1. The van der Waals surface area contributed by atoms with Crippen molar-refractivity contribution in [2.75, 3.05) is 25.9 Å². The van der Waals surface area contributed by atoms with E-state index in [-0.39, 0.29) is 5.91 Å². The van der Waals surface area contributed by atoms with Crippen LogP contribution in [0.4, 0.5) is 0 Å². The van der Waals surface area contributed by atoms with E-state index in [1.165, 1.54) is 5.56 Å². The lowest BCUT2D eigenvalue weighted by atomic mass is 10.1. The fourth-order valence-corrected chi connectivity index (χ4v) is 3.37. The Balaban J connectivity index is 1.72. The minimum Gasteiger partial charge on any atom is -0.342 e. The van der Waals surface area contributed by atoms with Gasteiger partial charge in [0, 0.05) is 23.9 Å². The highest BCUT2D eigenvalue weighted by atomic mass is 35.5. The van der Waals surface area contributed by atoms with Gasteiger partial charge >= 0.3 is 0 Å². The molecule has 1 fully saturated rings. The maximum Gasteiger partial charge on any atom is 0.232 e. The van der Waals surface area contributed by atoms with Gasteiger partial charge in [0.05, 0.1) is 5.75 Å². The average Bonchev–Trinajstić information content (AvgIpc) is 2.49. The number of nitrogens with one attached hydrogen (secondary N) is 1. The van der Waals surface area contributed by atoms with E-state index in [1.54, 1.807) is 11.8 Å². The molecule has 0 aromatic heterocycles. The number of thioether (sulfide) groups is 1. The molecule has 2 rings (SSSR count). The number of nitrogens with zero attached hydrogens (tertiary/aromatic N) is 1. The fourth-order valence-electron chi connectivity index (χ4n) is 2.34. The minimum atomic E-state index is 0.232. The summed E-state index contributed by atoms with van der Waals surface area (Å²) in [6.45, 7) is 2.03. The van der Waals surface area contributed by atoms with Gasteiger partial charge in [-0.1, -0.05) is 23.7 Å². The third kappa shape index (κ3) is 4.69. The second-order valence-corrected chi connectivity index (χ2v) is 6.53. The molecule has 0 saturated carbocycles. The van der Waals surface area contributed by atoms with Gasteiger partial charge < -0.3 is 10.2 Å². The van der Waals surface area contributed by atoms with E-state index in [2.05, 4.69) is 5.32 Å². The van der Waals surface area contributed by atoms with Crippen molar-refractivity contribution in [2.45, 2.75) is 24.6 Å². The maximum absolute atomic E-state index is 12.2. The summed E-state index contributed by atoms with van der Waals surface area (Å²) in [5.41, 5.74) is 1.21. The van der Waals surface area contributed by atoms with E-state index in [0.717, 1.165) is 36.7 Å². The van der Waals surface area contributed by atoms with Crippen molar-refractivity contribution in [1.29, 1.82) is 0 Å². The summed E-state index contributed by atoms with van der Waals surface area (Å²) in [6.07, 6.45) is 2.12. The molecule has 0 atom stereocenters. The van der Waals surface area contributed by atoms with Crippen molar-refractivity contribution < 1.29 is 4.79 Å². The first kappa shape index (κ1) is 15.7. The first-order valence-corrected chi connectivity index (χ1v) is 8.48. The molecule has 20 heavy (non-hydrogen) atoms. The highest BCUT2D eigenvalue weighted by Gasteiger charge is 2.21. The summed E-state index contributed by atoms with van der Waals surface area (Å²) in [4.78, 5) is 14.1. The van der Waals surface area contributed by atoms with Gasteiger partial charge in [-0.05, 0) is 43.6 Å². The largest absolute Gasteiger partial charge is 0.342 e. The van der Waals surface area contributed by atoms with Gasteiger partial charge in [0.1, 0.15) is 0 Å². The topological polar surface area (TPSA) is 32.3 Å². The monoisotopic (exact) mass is 312 g/mol. The van der Waals surface area contributed by atoms with Crippen molar-refractivity contribution in [3.8, 4) is 0 Å². The zero-order valence-corrected chi connectivity index (χ0v) is 13.3. The Bertz CT molecular complexity index is 432. The molecule has 0 aliphatic carbocycles. The van der Waals surface area contributed by atoms with Gasteiger partial charge in [0.2, 0.25) is 5.91 Å². The second kappa shape index (κ2) is 7.91. The summed E-state index contributed by atoms with van der Waals surface area (Å²) in [5, 5.41) is 4.07. The van der Waals surface area contributed by atoms with Gasteiger partial charge in [-0.3, -0.25) is 4.79 Å². The molecule has 5 heteroatoms. The fraction of sp³-hybridized carbons (Fsp3) is 0.533. The lowest BCUT2D eigenvalue weighted by Crippen LogP contribution is -2.44. The van der Waals surface area contributed by atoms with Crippen LogP contribution in [0.3, 0.4) is 0 Å². The Morgan fingerprint density at radius 2 is 2.00 bits per heavy atom. The molecule has 1 aromatic rings. The number of piperidine rings is 1. The molecule has 1 saturated heterocycles. The number of rotatable bonds is 5. The Hall–Kier alpha value is -0.710. The summed E-state index contributed by atoms with van der Waals surface area (Å²) >= 11 is 7.51. The van der Waals surface area contributed by atoms with Gasteiger partial charge in [0.25, 0.3) is 0 Å². The summed E-state index contributed by atoms with van der Waals surface area (Å²) in [7, 11) is 1.93. The molecule has 110 valence electrons. The minimum absolute atomic E-state index is 0.232. The zero-order chi connectivity index (χ0) is 14.4. The molecular formula is C15H21ClN2OS. The van der Waals surface area contributed by atoms with Crippen molar-refractivity contribution in [3.63, 3.8) is 0 Å². The van der Waals surface area contributed by atoms with Crippen LogP contribution in [0.1, 0.15) is 18.4 Å². The summed E-state index contributed by atoms with van der Waals surface area (Å²) < 4.78 is 0. The number of carbonyl (C=O) groups excluding carboxylic acids is 1. The number of hydrogen-bond acceptors (Lipinski definition) is 3. The van der Waals surface area contributed by atoms with Crippen LogP contribution in [-0.2, 0) is 10.5 Å². The molecule has 1 aliphatic rings. The van der Waals surface area contributed by atoms with Crippen molar-refractivity contribution in [3.05, 3.63) is 34.9 Å². The number of halogens is 1. The first-order chi connectivity index (χ1) is 9.66. The van der Waals surface area contributed by atoms with Gasteiger partial charge in [-0.15, -0.1) is 11.8 Å². The molecule has 3 nitrogen and oxygen atoms in total. The average molecular weight is 313 g/mol. The Labute approximate surface area is 130 Å². The van der Waals surface area contributed by atoms with E-state index in [1.807, 2.05) is 36.2 Å². The van der Waals surface area contributed by atoms with E-state index >= 15 is 0 Å². The van der Waals surface area contributed by atoms with E-state index in [4.69, 9.17) is 11.6 Å². The van der Waals surface area contributed by atoms with E-state index < -0.39 is 0 Å². The van der Waals surface area contributed by atoms with Crippen LogP contribution in [0.25, 0.3) is 0 Å². The Morgan fingerprint density at radius 1 is 1.35 bits per heavy atom. The van der Waals surface area contributed by atoms with Crippen LogP contribution in [0, 0.1) is 0 Å². The predicted molar refractivity (Wildman–Crippen MR) is 86.3 cm³/mol. The first-order valence-electron chi connectivity index (χ1n) is 6.95. The summed E-state index contributed by atoms with van der Waals surface area (Å²) in [6, 6.07) is 8.20. The normalized spacial score (nSPS) is 16.1. The van der Waals surface area contributed by atoms with Gasteiger partial charge in [0.15, 0.2) is 0 Å². The molecule has 1 aliphatic heterocycles. The number of hydrogen-bond donors (Lipinski definition) is 1. The zero-order valence-electron chi connectivity index (χ0n) is 11.8. The molecule has 1 heterocycles. The van der Waals surface area contributed by atoms with Crippen molar-refractivity contribution in [2.24, 2.45) is 0 Å². The van der Waals surface area contributed by atoms with Crippen LogP contribution in [-0.4, -0.2) is 42.7 Å². The quantitative estimate of drug-likeness (QED) is 0.907. The van der Waals surface area contributed by atoms with Crippen LogP contribution >= 0.6 is 23.4 Å². The van der Waals surface area contributed by atoms with Gasteiger partial charge in [-0.25, -0.2) is 0 Å². The van der Waals surface area contributed by atoms with Crippen LogP contribution < -0.4 is 5.32 Å². The molecule has 1 aromatic carbocycles. The Kier molecular flexibility index (Phi) is 6.20. The van der Waals surface area contributed by atoms with Crippen LogP contribution in [0.5, 0.6) is 0 Å². The molecule has 1 amide bonds. The maximum atomic E-state index is 12.2. The molecule has 0 bridgehead atoms. The van der Waals surface area contributed by atoms with Crippen LogP contribution in [0.15, 0.2) is 24.3 Å². The molecule has 0 spiro atoms. The third-order valence-electron chi connectivity index (χ3n) is 3.66. The summed E-state index contributed by atoms with van der Waals surface area (Å²) in [5.74, 6) is 1.63. The standard InChI is InChI=1S/C15H21ClN2OS/c1-18(14-6-8-17-9-7-14)15(19)11-20-10-12-2-4-13(16)5-3-12/h2-5,14,17H,6-11H2,1H3. The van der Waals surface area contributed by atoms with Gasteiger partial charge in [-0.2, -0.15) is 0 Å². The molecule has 0 radical (unpaired) electrons. The predicted octanol–water partition coefficient (Wildman–Crippen LogP) is 2.78. The molecule has 0 unspecified atom stereocenters. The van der Waals surface area contributed by atoms with E-state index in [9.17, 15) is 4.79 Å². The number of amides is 1. The highest BCUT2D eigenvalue weighted by molar-refractivity contribution is 7.99. The lowest BCUT2D eigenvalue weighted by Gasteiger charge is -2.31. The molecular weight excluding hydrogens is 292 g/mol. The smallest absolute Gasteiger partial charge is 0.232 e. The van der Waals surface area contributed by atoms with E-state index in [0.29, 0.717) is 11.8 Å². The van der Waals surface area contributed by atoms with Crippen molar-refractivity contribution in [1.82, 2.24) is 10.2 Å². The lowest BCUT2D eigenvalue weighted by molar-refractivity contribution is -0.129. The van der Waals surface area contributed by atoms with Crippen LogP contribution in [0.2, 0.25) is 5.02 Å². The Morgan fingerprint density at radius 3 is 2.65 bits per heavy atom. The molecule has 1 N–H and O–H groups in total. The third-order valence-corrected chi connectivity index (χ3v) is 4.90. The highest BCUT2D eigenvalue weighted by Crippen LogP contribution is 2.17.